The molecule has 0 amide bonds. The van der Waals surface area contributed by atoms with Crippen molar-refractivity contribution >= 4 is 5.96 Å². The Hall–Kier alpha value is -0.810. The monoisotopic (exact) mass is 284 g/mol. The number of likely N-dealkylation sites (tertiary alicyclic amines) is 1. The molecule has 0 aromatic carbocycles. The molecule has 0 spiro atoms. The van der Waals surface area contributed by atoms with Crippen LogP contribution in [0.15, 0.2) is 4.99 Å². The Morgan fingerprint density at radius 1 is 1.10 bits per heavy atom. The van der Waals surface area contributed by atoms with Crippen LogP contribution in [0.4, 0.5) is 0 Å². The molecular formula is C15H32N4O. The van der Waals surface area contributed by atoms with E-state index in [-0.39, 0.29) is 0 Å². The van der Waals surface area contributed by atoms with Gasteiger partial charge in [0.25, 0.3) is 0 Å². The molecule has 1 saturated heterocycles. The molecule has 0 radical (unpaired) electrons. The van der Waals surface area contributed by atoms with Crippen molar-refractivity contribution < 1.29 is 4.74 Å². The highest BCUT2D eigenvalue weighted by atomic mass is 16.5. The zero-order valence-corrected chi connectivity index (χ0v) is 13.3. The first kappa shape index (κ1) is 17.2. The molecule has 0 atom stereocenters. The van der Waals surface area contributed by atoms with Gasteiger partial charge in [0.1, 0.15) is 0 Å². The maximum atomic E-state index is 5.29. The van der Waals surface area contributed by atoms with Gasteiger partial charge in [0.2, 0.25) is 0 Å². The van der Waals surface area contributed by atoms with E-state index in [0.29, 0.717) is 0 Å². The molecule has 2 N–H and O–H groups in total. The van der Waals surface area contributed by atoms with Crippen LogP contribution in [0.2, 0.25) is 0 Å². The van der Waals surface area contributed by atoms with Gasteiger partial charge in [-0.05, 0) is 45.8 Å². The fourth-order valence-electron chi connectivity index (χ4n) is 2.48. The van der Waals surface area contributed by atoms with E-state index in [0.717, 1.165) is 32.3 Å². The second kappa shape index (κ2) is 12.0. The van der Waals surface area contributed by atoms with Gasteiger partial charge in [-0.15, -0.1) is 0 Å². The number of rotatable bonds is 8. The highest BCUT2D eigenvalue weighted by Gasteiger charge is 2.08. The van der Waals surface area contributed by atoms with Crippen molar-refractivity contribution in [2.75, 3.05) is 53.0 Å². The van der Waals surface area contributed by atoms with Gasteiger partial charge in [-0.3, -0.25) is 4.99 Å². The Morgan fingerprint density at radius 3 is 2.45 bits per heavy atom. The molecule has 0 aliphatic carbocycles. The van der Waals surface area contributed by atoms with E-state index < -0.39 is 0 Å². The highest BCUT2D eigenvalue weighted by molar-refractivity contribution is 5.79. The summed E-state index contributed by atoms with van der Waals surface area (Å²) in [5, 5.41) is 6.61. The fraction of sp³-hybridized carbons (Fsp3) is 0.933. The van der Waals surface area contributed by atoms with Crippen LogP contribution in [0, 0.1) is 0 Å². The van der Waals surface area contributed by atoms with Crippen LogP contribution in [0.3, 0.4) is 0 Å². The predicted octanol–water partition coefficient (Wildman–Crippen LogP) is 1.45. The van der Waals surface area contributed by atoms with Gasteiger partial charge >= 0.3 is 0 Å². The second-order valence-electron chi connectivity index (χ2n) is 5.23. The van der Waals surface area contributed by atoms with E-state index in [1.165, 1.54) is 51.7 Å². The number of ether oxygens (including phenoxy) is 1. The maximum absolute atomic E-state index is 5.29. The quantitative estimate of drug-likeness (QED) is 0.402. The largest absolute Gasteiger partial charge is 0.380 e. The minimum Gasteiger partial charge on any atom is -0.380 e. The van der Waals surface area contributed by atoms with Gasteiger partial charge in [0.15, 0.2) is 5.96 Å². The highest BCUT2D eigenvalue weighted by Crippen LogP contribution is 2.09. The summed E-state index contributed by atoms with van der Waals surface area (Å²) in [6.07, 6.45) is 6.73. The topological polar surface area (TPSA) is 48.9 Å². The summed E-state index contributed by atoms with van der Waals surface area (Å²) in [5.74, 6) is 0.876. The summed E-state index contributed by atoms with van der Waals surface area (Å²) in [5.41, 5.74) is 0. The van der Waals surface area contributed by atoms with E-state index >= 15 is 0 Å². The van der Waals surface area contributed by atoms with Crippen LogP contribution >= 0.6 is 0 Å². The van der Waals surface area contributed by atoms with Crippen molar-refractivity contribution in [1.29, 1.82) is 0 Å². The zero-order chi connectivity index (χ0) is 14.5. The smallest absolute Gasteiger partial charge is 0.191 e. The molecule has 1 aliphatic heterocycles. The first-order chi connectivity index (χ1) is 9.86. The van der Waals surface area contributed by atoms with Crippen molar-refractivity contribution in [2.45, 2.75) is 39.0 Å². The van der Waals surface area contributed by atoms with Crippen LogP contribution in [0.5, 0.6) is 0 Å². The number of nitrogens with zero attached hydrogens (tertiary/aromatic N) is 2. The molecule has 5 heteroatoms. The van der Waals surface area contributed by atoms with E-state index in [4.69, 9.17) is 4.74 Å². The summed E-state index contributed by atoms with van der Waals surface area (Å²) in [6.45, 7) is 9.04. The summed E-state index contributed by atoms with van der Waals surface area (Å²) in [7, 11) is 1.81. The predicted molar refractivity (Wildman–Crippen MR) is 85.4 cm³/mol. The Morgan fingerprint density at radius 2 is 1.80 bits per heavy atom. The van der Waals surface area contributed by atoms with Gasteiger partial charge in [-0.25, -0.2) is 0 Å². The SMILES string of the molecule is CCOCCNC(=NC)NCCCN1CCCCCC1. The maximum Gasteiger partial charge on any atom is 0.191 e. The standard InChI is InChI=1S/C15H32N4O/c1-3-20-14-10-18-15(16-2)17-9-8-13-19-11-6-4-5-7-12-19/h3-14H2,1-2H3,(H2,16,17,18). The van der Waals surface area contributed by atoms with Crippen molar-refractivity contribution in [3.63, 3.8) is 0 Å². The first-order valence-electron chi connectivity index (χ1n) is 8.11. The molecule has 1 rings (SSSR count). The van der Waals surface area contributed by atoms with E-state index in [2.05, 4.69) is 20.5 Å². The van der Waals surface area contributed by atoms with Crippen LogP contribution in [-0.4, -0.2) is 63.8 Å². The van der Waals surface area contributed by atoms with E-state index in [1.54, 1.807) is 0 Å². The second-order valence-corrected chi connectivity index (χ2v) is 5.23. The van der Waals surface area contributed by atoms with Crippen molar-refractivity contribution in [3.05, 3.63) is 0 Å². The summed E-state index contributed by atoms with van der Waals surface area (Å²) in [6, 6.07) is 0. The van der Waals surface area contributed by atoms with Gasteiger partial charge in [-0.1, -0.05) is 12.8 Å². The minimum absolute atomic E-state index is 0.727. The summed E-state index contributed by atoms with van der Waals surface area (Å²) >= 11 is 0. The minimum atomic E-state index is 0.727. The molecule has 1 heterocycles. The van der Waals surface area contributed by atoms with Crippen LogP contribution in [0.25, 0.3) is 0 Å². The molecule has 0 aromatic rings. The normalized spacial score (nSPS) is 17.8. The molecule has 0 saturated carbocycles. The molecule has 5 nitrogen and oxygen atoms in total. The summed E-state index contributed by atoms with van der Waals surface area (Å²) in [4.78, 5) is 6.81. The Labute approximate surface area is 124 Å². The van der Waals surface area contributed by atoms with E-state index in [1.807, 2.05) is 14.0 Å². The Balaban J connectivity index is 2.02. The molecule has 0 bridgehead atoms. The lowest BCUT2D eigenvalue weighted by atomic mass is 10.2. The van der Waals surface area contributed by atoms with Crippen molar-refractivity contribution in [2.24, 2.45) is 4.99 Å². The average Bonchev–Trinajstić information content (AvgIpc) is 2.74. The Bertz CT molecular complexity index is 250. The lowest BCUT2D eigenvalue weighted by Crippen LogP contribution is -2.40. The van der Waals surface area contributed by atoms with Crippen molar-refractivity contribution in [1.82, 2.24) is 15.5 Å². The number of aliphatic imine (C=N–C) groups is 1. The molecule has 1 aliphatic rings. The van der Waals surface area contributed by atoms with Crippen molar-refractivity contribution in [3.8, 4) is 0 Å². The molecular weight excluding hydrogens is 252 g/mol. The third-order valence-electron chi connectivity index (χ3n) is 3.61. The third kappa shape index (κ3) is 8.38. The van der Waals surface area contributed by atoms with Crippen LogP contribution in [-0.2, 0) is 4.74 Å². The molecule has 1 fully saturated rings. The Kier molecular flexibility index (Phi) is 10.3. The third-order valence-corrected chi connectivity index (χ3v) is 3.61. The zero-order valence-electron chi connectivity index (χ0n) is 13.3. The van der Waals surface area contributed by atoms with Crippen LogP contribution < -0.4 is 10.6 Å². The molecule has 0 aromatic heterocycles. The number of hydrogen-bond acceptors (Lipinski definition) is 3. The van der Waals surface area contributed by atoms with Gasteiger partial charge < -0.3 is 20.3 Å². The number of hydrogen-bond donors (Lipinski definition) is 2. The number of guanidine groups is 1. The number of nitrogens with one attached hydrogen (secondary N) is 2. The average molecular weight is 284 g/mol. The fourth-order valence-corrected chi connectivity index (χ4v) is 2.48. The molecule has 20 heavy (non-hydrogen) atoms. The van der Waals surface area contributed by atoms with Gasteiger partial charge in [0, 0.05) is 26.7 Å². The van der Waals surface area contributed by atoms with Gasteiger partial charge in [0.05, 0.1) is 6.61 Å². The van der Waals surface area contributed by atoms with Crippen LogP contribution in [0.1, 0.15) is 39.0 Å². The molecule has 118 valence electrons. The lowest BCUT2D eigenvalue weighted by Gasteiger charge is -2.20. The summed E-state index contributed by atoms with van der Waals surface area (Å²) < 4.78 is 5.29. The lowest BCUT2D eigenvalue weighted by molar-refractivity contribution is 0.152. The first-order valence-corrected chi connectivity index (χ1v) is 8.11. The van der Waals surface area contributed by atoms with E-state index in [9.17, 15) is 0 Å². The van der Waals surface area contributed by atoms with Gasteiger partial charge in [-0.2, -0.15) is 0 Å². The molecule has 0 unspecified atom stereocenters.